The maximum atomic E-state index is 12.1. The Morgan fingerprint density at radius 1 is 1.12 bits per heavy atom. The van der Waals surface area contributed by atoms with E-state index in [9.17, 15) is 4.79 Å². The molecule has 0 amide bonds. The topological polar surface area (TPSA) is 65.2 Å². The van der Waals surface area contributed by atoms with Crippen LogP contribution in [0.1, 0.15) is 32.8 Å². The van der Waals surface area contributed by atoms with Gasteiger partial charge in [-0.2, -0.15) is 0 Å². The zero-order valence-corrected chi connectivity index (χ0v) is 16.0. The highest BCUT2D eigenvalue weighted by Gasteiger charge is 2.16. The third-order valence-corrected chi connectivity index (χ3v) is 4.37. The summed E-state index contributed by atoms with van der Waals surface area (Å²) in [7, 11) is 0. The van der Waals surface area contributed by atoms with E-state index in [4.69, 9.17) is 32.5 Å². The van der Waals surface area contributed by atoms with Gasteiger partial charge in [0, 0.05) is 17.8 Å². The largest absolute Gasteiger partial charge is 0.454 e. The number of halogens is 2. The molecule has 5 nitrogen and oxygen atoms in total. The van der Waals surface area contributed by atoms with Crippen LogP contribution in [0.2, 0.25) is 10.2 Å². The van der Waals surface area contributed by atoms with Crippen LogP contribution in [-0.2, 0) is 11.3 Å². The second kappa shape index (κ2) is 7.48. The third kappa shape index (κ3) is 3.89. The van der Waals surface area contributed by atoms with Crippen LogP contribution < -0.4 is 0 Å². The van der Waals surface area contributed by atoms with Crippen LogP contribution in [0.5, 0.6) is 0 Å². The predicted octanol–water partition coefficient (Wildman–Crippen LogP) is 5.33. The minimum Gasteiger partial charge on any atom is -0.454 e. The maximum absolute atomic E-state index is 12.1. The molecule has 0 atom stereocenters. The molecule has 7 heteroatoms. The first-order valence-electron chi connectivity index (χ1n) is 7.87. The van der Waals surface area contributed by atoms with Crippen molar-refractivity contribution in [2.45, 2.75) is 27.4 Å². The summed E-state index contributed by atoms with van der Waals surface area (Å²) in [5, 5.41) is 4.43. The van der Waals surface area contributed by atoms with Crippen molar-refractivity contribution in [3.8, 4) is 11.3 Å². The number of hydrogen-bond donors (Lipinski definition) is 0. The van der Waals surface area contributed by atoms with Gasteiger partial charge >= 0.3 is 5.97 Å². The van der Waals surface area contributed by atoms with Crippen LogP contribution >= 0.6 is 23.2 Å². The van der Waals surface area contributed by atoms with Crippen molar-refractivity contribution in [1.29, 1.82) is 0 Å². The van der Waals surface area contributed by atoms with E-state index in [1.54, 1.807) is 6.07 Å². The highest BCUT2D eigenvalue weighted by atomic mass is 35.5. The van der Waals surface area contributed by atoms with Gasteiger partial charge in [0.05, 0.1) is 10.6 Å². The highest BCUT2D eigenvalue weighted by molar-refractivity contribution is 6.34. The molecular formula is C19H16Cl2N2O3. The van der Waals surface area contributed by atoms with Crippen molar-refractivity contribution in [1.82, 2.24) is 10.1 Å². The molecule has 0 aliphatic heterocycles. The smallest absolute Gasteiger partial charge is 0.341 e. The van der Waals surface area contributed by atoms with E-state index in [1.807, 2.05) is 20.8 Å². The molecule has 0 saturated carbocycles. The highest BCUT2D eigenvalue weighted by Crippen LogP contribution is 2.28. The molecule has 3 aromatic rings. The van der Waals surface area contributed by atoms with Gasteiger partial charge in [-0.3, -0.25) is 0 Å². The molecule has 0 spiro atoms. The Kier molecular flexibility index (Phi) is 5.30. The van der Waals surface area contributed by atoms with E-state index in [0.717, 1.165) is 16.7 Å². The Morgan fingerprint density at radius 3 is 2.50 bits per heavy atom. The van der Waals surface area contributed by atoms with E-state index >= 15 is 0 Å². The van der Waals surface area contributed by atoms with Gasteiger partial charge in [-0.25, -0.2) is 9.78 Å². The lowest BCUT2D eigenvalue weighted by Gasteiger charge is -2.07. The minimum absolute atomic E-state index is 0.0311. The van der Waals surface area contributed by atoms with Crippen LogP contribution in [0.4, 0.5) is 0 Å². The van der Waals surface area contributed by atoms with Gasteiger partial charge in [-0.05, 0) is 38.0 Å². The van der Waals surface area contributed by atoms with Gasteiger partial charge in [-0.15, -0.1) is 0 Å². The molecule has 0 bridgehead atoms. The second-order valence-electron chi connectivity index (χ2n) is 6.02. The van der Waals surface area contributed by atoms with Gasteiger partial charge in [0.15, 0.2) is 12.4 Å². The number of esters is 1. The molecule has 26 heavy (non-hydrogen) atoms. The lowest BCUT2D eigenvalue weighted by Crippen LogP contribution is -2.06. The van der Waals surface area contributed by atoms with E-state index in [-0.39, 0.29) is 17.3 Å². The Morgan fingerprint density at radius 2 is 1.81 bits per heavy atom. The Bertz CT molecular complexity index is 960. The summed E-state index contributed by atoms with van der Waals surface area (Å²) in [6.07, 6.45) is 1.36. The number of pyridine rings is 1. The van der Waals surface area contributed by atoms with E-state index in [2.05, 4.69) is 22.3 Å². The molecular weight excluding hydrogens is 375 g/mol. The van der Waals surface area contributed by atoms with Crippen LogP contribution in [0.25, 0.3) is 11.3 Å². The summed E-state index contributed by atoms with van der Waals surface area (Å²) >= 11 is 11.7. The first-order valence-corrected chi connectivity index (χ1v) is 8.62. The van der Waals surface area contributed by atoms with Crippen molar-refractivity contribution in [3.05, 3.63) is 68.7 Å². The van der Waals surface area contributed by atoms with Crippen molar-refractivity contribution in [2.24, 2.45) is 0 Å². The van der Waals surface area contributed by atoms with Gasteiger partial charge in [0.2, 0.25) is 0 Å². The Labute approximate surface area is 160 Å². The van der Waals surface area contributed by atoms with Gasteiger partial charge < -0.3 is 9.26 Å². The summed E-state index contributed by atoms with van der Waals surface area (Å²) in [6, 6.07) is 7.34. The van der Waals surface area contributed by atoms with Crippen LogP contribution in [0, 0.1) is 20.8 Å². The SMILES string of the molecule is Cc1cc(C)c(-c2cc(COC(=O)c3cc(Cl)cnc3Cl)on2)c(C)c1. The van der Waals surface area contributed by atoms with Gasteiger partial charge in [-0.1, -0.05) is 46.1 Å². The van der Waals surface area contributed by atoms with Crippen molar-refractivity contribution < 1.29 is 14.1 Å². The second-order valence-corrected chi connectivity index (χ2v) is 6.81. The lowest BCUT2D eigenvalue weighted by molar-refractivity contribution is 0.0437. The molecule has 2 aromatic heterocycles. The van der Waals surface area contributed by atoms with Crippen molar-refractivity contribution in [3.63, 3.8) is 0 Å². The molecule has 3 rings (SSSR count). The average Bonchev–Trinajstić information content (AvgIpc) is 3.02. The molecule has 0 aliphatic rings. The van der Waals surface area contributed by atoms with Gasteiger partial charge in [0.1, 0.15) is 10.8 Å². The minimum atomic E-state index is -0.634. The fourth-order valence-corrected chi connectivity index (χ4v) is 3.20. The number of hydrogen-bond acceptors (Lipinski definition) is 5. The molecule has 0 unspecified atom stereocenters. The number of ether oxygens (including phenoxy) is 1. The predicted molar refractivity (Wildman–Crippen MR) is 99.5 cm³/mol. The summed E-state index contributed by atoms with van der Waals surface area (Å²) in [5.41, 5.74) is 5.22. The number of aryl methyl sites for hydroxylation is 3. The fourth-order valence-electron chi connectivity index (χ4n) is 2.86. The third-order valence-electron chi connectivity index (χ3n) is 3.86. The monoisotopic (exact) mass is 390 g/mol. The molecule has 134 valence electrons. The molecule has 2 heterocycles. The lowest BCUT2D eigenvalue weighted by atomic mass is 9.97. The molecule has 0 fully saturated rings. The van der Waals surface area contributed by atoms with E-state index in [0.29, 0.717) is 16.5 Å². The number of benzene rings is 1. The van der Waals surface area contributed by atoms with E-state index < -0.39 is 5.97 Å². The molecule has 0 aliphatic carbocycles. The first kappa shape index (κ1) is 18.4. The summed E-state index contributed by atoms with van der Waals surface area (Å²) < 4.78 is 10.5. The first-order chi connectivity index (χ1) is 12.3. The quantitative estimate of drug-likeness (QED) is 0.445. The van der Waals surface area contributed by atoms with E-state index in [1.165, 1.54) is 17.8 Å². The summed E-state index contributed by atoms with van der Waals surface area (Å²) in [6.45, 7) is 6.03. The molecule has 1 aromatic carbocycles. The maximum Gasteiger partial charge on any atom is 0.341 e. The normalized spacial score (nSPS) is 10.8. The number of aromatic nitrogens is 2. The zero-order valence-electron chi connectivity index (χ0n) is 14.5. The molecule has 0 saturated heterocycles. The molecule has 0 radical (unpaired) electrons. The standard InChI is InChI=1S/C19H16Cl2N2O3/c1-10-4-11(2)17(12(3)5-10)16-7-14(26-23-16)9-25-19(24)15-6-13(20)8-22-18(15)21/h4-8H,9H2,1-3H3. The number of carbonyl (C=O) groups excluding carboxylic acids is 1. The van der Waals surface area contributed by atoms with Crippen molar-refractivity contribution in [2.75, 3.05) is 0 Å². The zero-order chi connectivity index (χ0) is 18.8. The van der Waals surface area contributed by atoms with Crippen LogP contribution in [0.3, 0.4) is 0 Å². The van der Waals surface area contributed by atoms with Gasteiger partial charge in [0.25, 0.3) is 0 Å². The molecule has 0 N–H and O–H groups in total. The fraction of sp³-hybridized carbons (Fsp3) is 0.211. The number of carbonyl (C=O) groups is 1. The number of nitrogens with zero attached hydrogens (tertiary/aromatic N) is 2. The Balaban J connectivity index is 1.75. The van der Waals surface area contributed by atoms with Crippen LogP contribution in [-0.4, -0.2) is 16.1 Å². The Hall–Kier alpha value is -2.37. The average molecular weight is 391 g/mol. The summed E-state index contributed by atoms with van der Waals surface area (Å²) in [5.74, 6) is -0.204. The number of rotatable bonds is 4. The summed E-state index contributed by atoms with van der Waals surface area (Å²) in [4.78, 5) is 16.0. The van der Waals surface area contributed by atoms with Crippen LogP contribution in [0.15, 0.2) is 35.0 Å². The van der Waals surface area contributed by atoms with Crippen molar-refractivity contribution >= 4 is 29.2 Å².